The Labute approximate surface area is 208 Å². The molecule has 0 N–H and O–H groups in total. The normalized spacial score (nSPS) is 15.4. The molecule has 2 atom stereocenters. The van der Waals surface area contributed by atoms with Crippen LogP contribution in [0.25, 0.3) is 0 Å². The van der Waals surface area contributed by atoms with Crippen LogP contribution in [0, 0.1) is 0 Å². The molecule has 4 rings (SSSR count). The second kappa shape index (κ2) is 18.8. The Morgan fingerprint density at radius 2 is 1.24 bits per heavy atom. The lowest BCUT2D eigenvalue weighted by Crippen LogP contribution is -2.36. The van der Waals surface area contributed by atoms with Crippen LogP contribution in [-0.4, -0.2) is 43.9 Å². The lowest BCUT2D eigenvalue weighted by Gasteiger charge is -2.24. The quantitative estimate of drug-likeness (QED) is 0.362. The van der Waals surface area contributed by atoms with Crippen LogP contribution < -0.4 is 4.74 Å². The van der Waals surface area contributed by atoms with Gasteiger partial charge in [0.15, 0.2) is 0 Å². The number of nitrogens with zero attached hydrogens (tertiary/aromatic N) is 1. The Balaban J connectivity index is 0.000000304. The molecule has 0 aromatic heterocycles. The van der Waals surface area contributed by atoms with Crippen LogP contribution in [0.5, 0.6) is 5.75 Å². The van der Waals surface area contributed by atoms with E-state index in [1.807, 2.05) is 58.0 Å². The summed E-state index contributed by atoms with van der Waals surface area (Å²) in [5, 5.41) is 0. The fourth-order valence-electron chi connectivity index (χ4n) is 3.61. The summed E-state index contributed by atoms with van der Waals surface area (Å²) in [6, 6.07) is 31.5. The maximum Gasteiger partial charge on any atom is 0.119 e. The number of hydrogen-bond acceptors (Lipinski definition) is 3. The molecule has 0 bridgehead atoms. The van der Waals surface area contributed by atoms with E-state index in [4.69, 9.17) is 9.47 Å². The van der Waals surface area contributed by atoms with Gasteiger partial charge in [-0.25, -0.2) is 0 Å². The van der Waals surface area contributed by atoms with Crippen LogP contribution in [0.2, 0.25) is 0 Å². The van der Waals surface area contributed by atoms with Crippen LogP contribution in [0.4, 0.5) is 0 Å². The molecule has 0 aliphatic carbocycles. The van der Waals surface area contributed by atoms with E-state index >= 15 is 0 Å². The lowest BCUT2D eigenvalue weighted by molar-refractivity contribution is 0.0950. The van der Waals surface area contributed by atoms with Gasteiger partial charge in [-0.05, 0) is 43.0 Å². The van der Waals surface area contributed by atoms with Gasteiger partial charge in [-0.2, -0.15) is 0 Å². The van der Waals surface area contributed by atoms with E-state index in [2.05, 4.69) is 72.5 Å². The zero-order chi connectivity index (χ0) is 25.0. The largest absolute Gasteiger partial charge is 0.492 e. The van der Waals surface area contributed by atoms with E-state index < -0.39 is 0 Å². The Bertz CT molecular complexity index is 786. The molecule has 0 radical (unpaired) electrons. The molecular weight excluding hydrogens is 418 g/mol. The van der Waals surface area contributed by atoms with Gasteiger partial charge in [-0.3, -0.25) is 4.90 Å². The molecule has 1 fully saturated rings. The molecule has 3 nitrogen and oxygen atoms in total. The number of ether oxygens (including phenoxy) is 2. The zero-order valence-corrected chi connectivity index (χ0v) is 22.1. The highest BCUT2D eigenvalue weighted by Crippen LogP contribution is 2.16. The highest BCUT2D eigenvalue weighted by atomic mass is 16.5. The molecular formula is C31H45NO2. The molecule has 1 aliphatic heterocycles. The van der Waals surface area contributed by atoms with Gasteiger partial charge >= 0.3 is 0 Å². The van der Waals surface area contributed by atoms with Crippen molar-refractivity contribution in [1.82, 2.24) is 4.90 Å². The number of likely N-dealkylation sites (tertiary alicyclic amines) is 1. The predicted octanol–water partition coefficient (Wildman–Crippen LogP) is 7.50. The van der Waals surface area contributed by atoms with Crippen LogP contribution in [0.15, 0.2) is 91.0 Å². The second-order valence-electron chi connectivity index (χ2n) is 7.76. The third-order valence-electron chi connectivity index (χ3n) is 5.46. The molecule has 1 heterocycles. The molecule has 186 valence electrons. The zero-order valence-electron chi connectivity index (χ0n) is 22.1. The summed E-state index contributed by atoms with van der Waals surface area (Å²) in [6.45, 7) is 13.1. The van der Waals surface area contributed by atoms with Gasteiger partial charge in [-0.15, -0.1) is 0 Å². The number of hydrogen-bond donors (Lipinski definition) is 0. The van der Waals surface area contributed by atoms with Gasteiger partial charge < -0.3 is 9.47 Å². The standard InChI is InChI=1S/C14H21NO2.C13H12.2C2H6/c1-12(15-9-8-14(10-15)16-2)11-17-13-6-4-3-5-7-13;1-3-7-12(8-4-1)11-13-9-5-2-6-10-13;2*1-2/h3-7,12,14H,8-11H2,1-2H3;1-10H,11H2;2*1-2H3/t12-,14+;;;/m0.../s1. The first kappa shape index (κ1) is 29.4. The van der Waals surface area contributed by atoms with Crippen LogP contribution in [0.3, 0.4) is 0 Å². The molecule has 34 heavy (non-hydrogen) atoms. The summed E-state index contributed by atoms with van der Waals surface area (Å²) in [4.78, 5) is 2.43. The smallest absolute Gasteiger partial charge is 0.119 e. The minimum absolute atomic E-state index is 0.397. The van der Waals surface area contributed by atoms with Crippen molar-refractivity contribution < 1.29 is 9.47 Å². The molecule has 3 heteroatoms. The van der Waals surface area contributed by atoms with E-state index in [9.17, 15) is 0 Å². The topological polar surface area (TPSA) is 21.7 Å². The fraction of sp³-hybridized carbons (Fsp3) is 0.419. The minimum Gasteiger partial charge on any atom is -0.492 e. The molecule has 0 saturated carbocycles. The highest BCUT2D eigenvalue weighted by molar-refractivity contribution is 5.25. The van der Waals surface area contributed by atoms with Crippen molar-refractivity contribution >= 4 is 0 Å². The SMILES string of the molecule is CC.CC.CO[C@@H]1CCN([C@@H](C)COc2ccccc2)C1.c1ccc(Cc2ccccc2)cc1. The Morgan fingerprint density at radius 1 is 0.765 bits per heavy atom. The van der Waals surface area contributed by atoms with Gasteiger partial charge in [0.2, 0.25) is 0 Å². The van der Waals surface area contributed by atoms with E-state index in [1.165, 1.54) is 11.1 Å². The monoisotopic (exact) mass is 463 g/mol. The van der Waals surface area contributed by atoms with Crippen molar-refractivity contribution in [2.24, 2.45) is 0 Å². The van der Waals surface area contributed by atoms with E-state index in [-0.39, 0.29) is 0 Å². The molecule has 0 amide bonds. The van der Waals surface area contributed by atoms with Crippen molar-refractivity contribution in [3.05, 3.63) is 102 Å². The Kier molecular flexibility index (Phi) is 16.2. The lowest BCUT2D eigenvalue weighted by atomic mass is 10.1. The number of methoxy groups -OCH3 is 1. The summed E-state index contributed by atoms with van der Waals surface area (Å²) in [7, 11) is 1.79. The number of para-hydroxylation sites is 1. The van der Waals surface area contributed by atoms with Crippen molar-refractivity contribution in [3.63, 3.8) is 0 Å². The fourth-order valence-corrected chi connectivity index (χ4v) is 3.61. The predicted molar refractivity (Wildman–Crippen MR) is 147 cm³/mol. The summed E-state index contributed by atoms with van der Waals surface area (Å²) in [5.41, 5.74) is 2.74. The van der Waals surface area contributed by atoms with Crippen LogP contribution in [-0.2, 0) is 11.2 Å². The van der Waals surface area contributed by atoms with Gasteiger partial charge in [0.05, 0.1) is 6.10 Å². The summed E-state index contributed by atoms with van der Waals surface area (Å²) in [5.74, 6) is 0.946. The van der Waals surface area contributed by atoms with E-state index in [0.29, 0.717) is 12.1 Å². The molecule has 3 aromatic carbocycles. The second-order valence-corrected chi connectivity index (χ2v) is 7.76. The van der Waals surface area contributed by atoms with E-state index in [1.54, 1.807) is 7.11 Å². The number of benzene rings is 3. The molecule has 3 aromatic rings. The van der Waals surface area contributed by atoms with Gasteiger partial charge in [0.25, 0.3) is 0 Å². The van der Waals surface area contributed by atoms with Crippen molar-refractivity contribution in [2.75, 3.05) is 26.8 Å². The average molecular weight is 464 g/mol. The van der Waals surface area contributed by atoms with Crippen molar-refractivity contribution in [2.45, 2.75) is 59.6 Å². The Morgan fingerprint density at radius 3 is 1.68 bits per heavy atom. The first-order valence-electron chi connectivity index (χ1n) is 12.8. The minimum atomic E-state index is 0.397. The first-order chi connectivity index (χ1) is 16.7. The molecule has 1 saturated heterocycles. The van der Waals surface area contributed by atoms with Gasteiger partial charge in [-0.1, -0.05) is 107 Å². The third-order valence-corrected chi connectivity index (χ3v) is 5.46. The Hall–Kier alpha value is -2.62. The summed E-state index contributed by atoms with van der Waals surface area (Å²) < 4.78 is 11.1. The molecule has 0 unspecified atom stereocenters. The summed E-state index contributed by atoms with van der Waals surface area (Å²) >= 11 is 0. The van der Waals surface area contributed by atoms with Crippen LogP contribution >= 0.6 is 0 Å². The molecule has 1 aliphatic rings. The maximum absolute atomic E-state index is 5.77. The van der Waals surface area contributed by atoms with E-state index in [0.717, 1.165) is 38.3 Å². The van der Waals surface area contributed by atoms with Crippen molar-refractivity contribution in [3.8, 4) is 5.75 Å². The highest BCUT2D eigenvalue weighted by Gasteiger charge is 2.25. The third kappa shape index (κ3) is 11.5. The average Bonchev–Trinajstić information content (AvgIpc) is 3.42. The molecule has 0 spiro atoms. The van der Waals surface area contributed by atoms with Crippen molar-refractivity contribution in [1.29, 1.82) is 0 Å². The summed E-state index contributed by atoms with van der Waals surface area (Å²) in [6.07, 6.45) is 2.56. The number of rotatable bonds is 7. The maximum atomic E-state index is 5.77. The van der Waals surface area contributed by atoms with Gasteiger partial charge in [0.1, 0.15) is 12.4 Å². The van der Waals surface area contributed by atoms with Crippen LogP contribution in [0.1, 0.15) is 52.2 Å². The van der Waals surface area contributed by atoms with Gasteiger partial charge in [0, 0.05) is 26.2 Å². The first-order valence-corrected chi connectivity index (χ1v) is 12.8.